The van der Waals surface area contributed by atoms with Crippen LogP contribution in [0.5, 0.6) is 11.5 Å². The van der Waals surface area contributed by atoms with E-state index in [4.69, 9.17) is 9.47 Å². The van der Waals surface area contributed by atoms with Gasteiger partial charge in [0.05, 0.1) is 14.2 Å². The first-order valence-electron chi connectivity index (χ1n) is 10.9. The Morgan fingerprint density at radius 2 is 1.58 bits per heavy atom. The van der Waals surface area contributed by atoms with Crippen molar-refractivity contribution in [3.05, 3.63) is 59.7 Å². The molecule has 0 aliphatic heterocycles. The molecule has 2 aromatic rings. The maximum Gasteiger partial charge on any atom is 0.269 e. The van der Waals surface area contributed by atoms with Crippen molar-refractivity contribution in [2.75, 3.05) is 19.5 Å². The molecular weight excluding hydrogens is 422 g/mol. The maximum absolute atomic E-state index is 12.3. The first-order chi connectivity index (χ1) is 16.0. The molecule has 0 heterocycles. The van der Waals surface area contributed by atoms with Gasteiger partial charge < -0.3 is 14.8 Å². The van der Waals surface area contributed by atoms with Crippen LogP contribution in [-0.4, -0.2) is 31.9 Å². The molecule has 8 heteroatoms. The van der Waals surface area contributed by atoms with Crippen molar-refractivity contribution in [3.63, 3.8) is 0 Å². The molecule has 3 amide bonds. The maximum atomic E-state index is 12.3. The third-order valence-corrected chi connectivity index (χ3v) is 5.52. The van der Waals surface area contributed by atoms with Crippen molar-refractivity contribution in [1.82, 2.24) is 10.9 Å². The quantitative estimate of drug-likeness (QED) is 0.440. The molecule has 2 aromatic carbocycles. The minimum Gasteiger partial charge on any atom is -0.493 e. The van der Waals surface area contributed by atoms with Gasteiger partial charge in [-0.3, -0.25) is 25.2 Å². The SMILES string of the molecule is COc1ccc(C=CC(=O)NNC(=O)c2ccc(NC(=O)C3CCCCC3)cc2)cc1OC. The highest BCUT2D eigenvalue weighted by Gasteiger charge is 2.21. The molecule has 3 N–H and O–H groups in total. The van der Waals surface area contributed by atoms with Crippen LogP contribution in [0.1, 0.15) is 48.0 Å². The summed E-state index contributed by atoms with van der Waals surface area (Å²) in [4.78, 5) is 36.7. The van der Waals surface area contributed by atoms with Gasteiger partial charge in [0, 0.05) is 23.2 Å². The summed E-state index contributed by atoms with van der Waals surface area (Å²) in [6, 6.07) is 11.8. The average molecular weight is 452 g/mol. The zero-order valence-corrected chi connectivity index (χ0v) is 18.9. The molecule has 1 saturated carbocycles. The Labute approximate surface area is 193 Å². The summed E-state index contributed by atoms with van der Waals surface area (Å²) in [5.41, 5.74) is 6.44. The lowest BCUT2D eigenvalue weighted by Gasteiger charge is -2.20. The van der Waals surface area contributed by atoms with E-state index in [0.717, 1.165) is 31.2 Å². The third-order valence-electron chi connectivity index (χ3n) is 5.52. The molecule has 33 heavy (non-hydrogen) atoms. The largest absolute Gasteiger partial charge is 0.493 e. The van der Waals surface area contributed by atoms with Crippen LogP contribution < -0.4 is 25.6 Å². The molecule has 8 nitrogen and oxygen atoms in total. The number of carbonyl (C=O) groups excluding carboxylic acids is 3. The fraction of sp³-hybridized carbons (Fsp3) is 0.320. The smallest absolute Gasteiger partial charge is 0.269 e. The van der Waals surface area contributed by atoms with E-state index in [1.165, 1.54) is 19.6 Å². The van der Waals surface area contributed by atoms with Gasteiger partial charge in [0.1, 0.15) is 0 Å². The Morgan fingerprint density at radius 3 is 2.24 bits per heavy atom. The Kier molecular flexibility index (Phi) is 8.46. The number of hydrogen-bond acceptors (Lipinski definition) is 5. The van der Waals surface area contributed by atoms with E-state index in [-0.39, 0.29) is 11.8 Å². The number of nitrogens with one attached hydrogen (secondary N) is 3. The van der Waals surface area contributed by atoms with Gasteiger partial charge in [-0.25, -0.2) is 0 Å². The van der Waals surface area contributed by atoms with Crippen LogP contribution in [0.3, 0.4) is 0 Å². The fourth-order valence-electron chi connectivity index (χ4n) is 3.67. The molecule has 0 radical (unpaired) electrons. The topological polar surface area (TPSA) is 106 Å². The number of carbonyl (C=O) groups is 3. The van der Waals surface area contributed by atoms with Gasteiger partial charge in [-0.2, -0.15) is 0 Å². The number of hydrazine groups is 1. The molecule has 0 saturated heterocycles. The Balaban J connectivity index is 1.48. The number of amides is 3. The minimum absolute atomic E-state index is 0.0282. The van der Waals surface area contributed by atoms with Gasteiger partial charge in [-0.1, -0.05) is 25.3 Å². The summed E-state index contributed by atoms with van der Waals surface area (Å²) in [5, 5.41) is 2.91. The predicted octanol–water partition coefficient (Wildman–Crippen LogP) is 3.70. The second-order valence-electron chi connectivity index (χ2n) is 7.79. The van der Waals surface area contributed by atoms with E-state index >= 15 is 0 Å². The van der Waals surface area contributed by atoms with Gasteiger partial charge in [0.2, 0.25) is 5.91 Å². The second-order valence-corrected chi connectivity index (χ2v) is 7.79. The number of methoxy groups -OCH3 is 2. The lowest BCUT2D eigenvalue weighted by molar-refractivity contribution is -0.120. The summed E-state index contributed by atoms with van der Waals surface area (Å²) in [7, 11) is 3.08. The third kappa shape index (κ3) is 6.83. The summed E-state index contributed by atoms with van der Waals surface area (Å²) in [5.74, 6) is 0.268. The molecule has 174 valence electrons. The predicted molar refractivity (Wildman–Crippen MR) is 126 cm³/mol. The zero-order chi connectivity index (χ0) is 23.6. The van der Waals surface area contributed by atoms with Crippen molar-refractivity contribution in [3.8, 4) is 11.5 Å². The van der Waals surface area contributed by atoms with Gasteiger partial charge in [0.25, 0.3) is 11.8 Å². The number of anilines is 1. The normalized spacial score (nSPS) is 13.9. The summed E-state index contributed by atoms with van der Waals surface area (Å²) < 4.78 is 10.4. The summed E-state index contributed by atoms with van der Waals surface area (Å²) in [6.07, 6.45) is 8.10. The number of benzene rings is 2. The average Bonchev–Trinajstić information content (AvgIpc) is 2.86. The Morgan fingerprint density at radius 1 is 0.879 bits per heavy atom. The van der Waals surface area contributed by atoms with Gasteiger partial charge >= 0.3 is 0 Å². The first-order valence-corrected chi connectivity index (χ1v) is 10.9. The van der Waals surface area contributed by atoms with Gasteiger partial charge in [0.15, 0.2) is 11.5 Å². The highest BCUT2D eigenvalue weighted by molar-refractivity contribution is 5.98. The monoisotopic (exact) mass is 451 g/mol. The molecule has 1 aliphatic rings. The van der Waals surface area contributed by atoms with E-state index in [1.807, 2.05) is 0 Å². The van der Waals surface area contributed by atoms with Crippen LogP contribution in [0.4, 0.5) is 5.69 Å². The summed E-state index contributed by atoms with van der Waals surface area (Å²) >= 11 is 0. The van der Waals surface area contributed by atoms with Crippen molar-refractivity contribution in [2.24, 2.45) is 5.92 Å². The zero-order valence-electron chi connectivity index (χ0n) is 18.9. The second kappa shape index (κ2) is 11.7. The van der Waals surface area contributed by atoms with Crippen molar-refractivity contribution < 1.29 is 23.9 Å². The van der Waals surface area contributed by atoms with Crippen molar-refractivity contribution in [2.45, 2.75) is 32.1 Å². The van der Waals surface area contributed by atoms with Crippen LogP contribution in [0.15, 0.2) is 48.5 Å². The number of rotatable bonds is 7. The Bertz CT molecular complexity index is 1010. The highest BCUT2D eigenvalue weighted by atomic mass is 16.5. The van der Waals surface area contributed by atoms with Crippen LogP contribution in [0.25, 0.3) is 6.08 Å². The molecule has 0 atom stereocenters. The van der Waals surface area contributed by atoms with Crippen molar-refractivity contribution in [1.29, 1.82) is 0 Å². The standard InChI is InChI=1S/C25H29N3O5/c1-32-21-14-8-17(16-22(21)33-2)9-15-23(29)27-28-25(31)19-10-12-20(13-11-19)26-24(30)18-6-4-3-5-7-18/h8-16,18H,3-7H2,1-2H3,(H,26,30)(H,27,29)(H,28,31). The number of ether oxygens (including phenoxy) is 2. The van der Waals surface area contributed by atoms with Crippen molar-refractivity contribution >= 4 is 29.5 Å². The van der Waals surface area contributed by atoms with Crippen LogP contribution in [0.2, 0.25) is 0 Å². The molecule has 0 spiro atoms. The van der Waals surface area contributed by atoms with E-state index < -0.39 is 11.8 Å². The molecule has 3 rings (SSSR count). The molecule has 1 aliphatic carbocycles. The molecular formula is C25H29N3O5. The minimum atomic E-state index is -0.491. The van der Waals surface area contributed by atoms with Crippen LogP contribution >= 0.6 is 0 Å². The lowest BCUT2D eigenvalue weighted by atomic mass is 9.88. The summed E-state index contributed by atoms with van der Waals surface area (Å²) in [6.45, 7) is 0. The highest BCUT2D eigenvalue weighted by Crippen LogP contribution is 2.28. The van der Waals surface area contributed by atoms with E-state index in [0.29, 0.717) is 22.7 Å². The molecule has 0 unspecified atom stereocenters. The number of hydrogen-bond donors (Lipinski definition) is 3. The Hall–Kier alpha value is -3.81. The van der Waals surface area contributed by atoms with Crippen LogP contribution in [0, 0.1) is 5.92 Å². The van der Waals surface area contributed by atoms with Gasteiger partial charge in [-0.15, -0.1) is 0 Å². The first kappa shape index (κ1) is 23.8. The van der Waals surface area contributed by atoms with E-state index in [1.54, 1.807) is 55.7 Å². The fourth-order valence-corrected chi connectivity index (χ4v) is 3.67. The van der Waals surface area contributed by atoms with Crippen LogP contribution in [-0.2, 0) is 9.59 Å². The van der Waals surface area contributed by atoms with E-state index in [2.05, 4.69) is 16.2 Å². The lowest BCUT2D eigenvalue weighted by Crippen LogP contribution is -2.40. The van der Waals surface area contributed by atoms with Gasteiger partial charge in [-0.05, 0) is 60.9 Å². The van der Waals surface area contributed by atoms with E-state index in [9.17, 15) is 14.4 Å². The molecule has 1 fully saturated rings. The molecule has 0 aromatic heterocycles. The molecule has 0 bridgehead atoms.